The molecule has 0 radical (unpaired) electrons. The SMILES string of the molecule is CC1CN(C(=O)Cc2ccccc2[N+](=O)[O-])CCN1.Cl. The summed E-state index contributed by atoms with van der Waals surface area (Å²) in [6, 6.07) is 6.67. The molecule has 1 atom stereocenters. The molecule has 20 heavy (non-hydrogen) atoms. The molecule has 1 aromatic carbocycles. The van der Waals surface area contributed by atoms with Crippen molar-refractivity contribution in [3.8, 4) is 0 Å². The smallest absolute Gasteiger partial charge is 0.273 e. The summed E-state index contributed by atoms with van der Waals surface area (Å²) in [4.78, 5) is 24.4. The molecule has 0 saturated carbocycles. The molecule has 7 heteroatoms. The van der Waals surface area contributed by atoms with Gasteiger partial charge in [0, 0.05) is 37.3 Å². The summed E-state index contributed by atoms with van der Waals surface area (Å²) in [6.07, 6.45) is 0.0872. The Morgan fingerprint density at radius 3 is 2.85 bits per heavy atom. The molecule has 1 N–H and O–H groups in total. The predicted molar refractivity (Wildman–Crippen MR) is 78.1 cm³/mol. The van der Waals surface area contributed by atoms with Gasteiger partial charge in [-0.1, -0.05) is 18.2 Å². The molecule has 0 aliphatic carbocycles. The van der Waals surface area contributed by atoms with Crippen molar-refractivity contribution in [1.29, 1.82) is 0 Å². The molecule has 1 fully saturated rings. The molecular weight excluding hydrogens is 282 g/mol. The van der Waals surface area contributed by atoms with E-state index in [0.29, 0.717) is 18.7 Å². The third-order valence-electron chi connectivity index (χ3n) is 3.25. The van der Waals surface area contributed by atoms with Gasteiger partial charge < -0.3 is 10.2 Å². The Kier molecular flexibility index (Phi) is 5.91. The van der Waals surface area contributed by atoms with Crippen molar-refractivity contribution < 1.29 is 9.72 Å². The van der Waals surface area contributed by atoms with Crippen molar-refractivity contribution in [1.82, 2.24) is 10.2 Å². The molecule has 0 aromatic heterocycles. The number of benzene rings is 1. The molecule has 110 valence electrons. The zero-order valence-electron chi connectivity index (χ0n) is 11.2. The first-order valence-corrected chi connectivity index (χ1v) is 6.31. The Balaban J connectivity index is 0.00000200. The third kappa shape index (κ3) is 3.91. The van der Waals surface area contributed by atoms with Crippen LogP contribution in [0.15, 0.2) is 24.3 Å². The number of carbonyl (C=O) groups is 1. The van der Waals surface area contributed by atoms with Crippen LogP contribution < -0.4 is 5.32 Å². The lowest BCUT2D eigenvalue weighted by molar-refractivity contribution is -0.385. The first kappa shape index (κ1) is 16.4. The highest BCUT2D eigenvalue weighted by Gasteiger charge is 2.23. The van der Waals surface area contributed by atoms with Crippen molar-refractivity contribution in [3.05, 3.63) is 39.9 Å². The number of nitrogens with zero attached hydrogens (tertiary/aromatic N) is 2. The lowest BCUT2D eigenvalue weighted by atomic mass is 10.1. The van der Waals surface area contributed by atoms with Gasteiger partial charge >= 0.3 is 0 Å². The van der Waals surface area contributed by atoms with Gasteiger partial charge in [0.05, 0.1) is 11.3 Å². The van der Waals surface area contributed by atoms with Crippen LogP contribution >= 0.6 is 12.4 Å². The topological polar surface area (TPSA) is 75.5 Å². The Labute approximate surface area is 123 Å². The summed E-state index contributed by atoms with van der Waals surface area (Å²) >= 11 is 0. The molecule has 6 nitrogen and oxygen atoms in total. The second-order valence-corrected chi connectivity index (χ2v) is 4.76. The normalized spacial score (nSPS) is 18.2. The van der Waals surface area contributed by atoms with E-state index in [2.05, 4.69) is 5.32 Å². The fraction of sp³-hybridized carbons (Fsp3) is 0.462. The van der Waals surface area contributed by atoms with Crippen LogP contribution in [0.4, 0.5) is 5.69 Å². The number of amides is 1. The van der Waals surface area contributed by atoms with Crippen molar-refractivity contribution in [2.75, 3.05) is 19.6 Å². The first-order chi connectivity index (χ1) is 9.08. The summed E-state index contributed by atoms with van der Waals surface area (Å²) in [5.41, 5.74) is 0.489. The van der Waals surface area contributed by atoms with Gasteiger partial charge in [-0.25, -0.2) is 0 Å². The molecule has 1 unspecified atom stereocenters. The summed E-state index contributed by atoms with van der Waals surface area (Å²) in [5, 5.41) is 14.2. The summed E-state index contributed by atoms with van der Waals surface area (Å²) < 4.78 is 0. The van der Waals surface area contributed by atoms with Gasteiger partial charge in [-0.15, -0.1) is 12.4 Å². The third-order valence-corrected chi connectivity index (χ3v) is 3.25. The van der Waals surface area contributed by atoms with E-state index in [0.717, 1.165) is 6.54 Å². The summed E-state index contributed by atoms with van der Waals surface area (Å²) in [5.74, 6) is -0.0531. The van der Waals surface area contributed by atoms with Crippen LogP contribution in [0.5, 0.6) is 0 Å². The minimum absolute atomic E-state index is 0. The zero-order valence-corrected chi connectivity index (χ0v) is 12.1. The molecule has 1 aliphatic rings. The minimum Gasteiger partial charge on any atom is -0.340 e. The second kappa shape index (κ2) is 7.21. The quantitative estimate of drug-likeness (QED) is 0.676. The predicted octanol–water partition coefficient (Wildman–Crippen LogP) is 1.38. The fourth-order valence-electron chi connectivity index (χ4n) is 2.27. The highest BCUT2D eigenvalue weighted by molar-refractivity contribution is 5.85. The maximum Gasteiger partial charge on any atom is 0.273 e. The fourth-order valence-corrected chi connectivity index (χ4v) is 2.27. The van der Waals surface area contributed by atoms with Gasteiger partial charge in [0.1, 0.15) is 0 Å². The van der Waals surface area contributed by atoms with Gasteiger partial charge in [-0.3, -0.25) is 14.9 Å². The number of para-hydroxylation sites is 1. The number of hydrogen-bond acceptors (Lipinski definition) is 4. The molecular formula is C13H18ClN3O3. The van der Waals surface area contributed by atoms with E-state index in [1.165, 1.54) is 6.07 Å². The zero-order chi connectivity index (χ0) is 13.8. The van der Waals surface area contributed by atoms with Gasteiger partial charge in [0.25, 0.3) is 5.69 Å². The van der Waals surface area contributed by atoms with E-state index in [1.807, 2.05) is 6.92 Å². The van der Waals surface area contributed by atoms with E-state index >= 15 is 0 Å². The Bertz CT molecular complexity index is 496. The number of rotatable bonds is 3. The lowest BCUT2D eigenvalue weighted by Crippen LogP contribution is -2.51. The minimum atomic E-state index is -0.441. The van der Waals surface area contributed by atoms with Crippen LogP contribution in [0.1, 0.15) is 12.5 Å². The largest absolute Gasteiger partial charge is 0.340 e. The maximum atomic E-state index is 12.2. The molecule has 1 saturated heterocycles. The lowest BCUT2D eigenvalue weighted by Gasteiger charge is -2.32. The van der Waals surface area contributed by atoms with E-state index in [-0.39, 0.29) is 36.5 Å². The van der Waals surface area contributed by atoms with Crippen LogP contribution in [0.2, 0.25) is 0 Å². The van der Waals surface area contributed by atoms with E-state index in [1.54, 1.807) is 23.1 Å². The number of carbonyl (C=O) groups excluding carboxylic acids is 1. The van der Waals surface area contributed by atoms with Gasteiger partial charge in [-0.2, -0.15) is 0 Å². The summed E-state index contributed by atoms with van der Waals surface area (Å²) in [7, 11) is 0. The standard InChI is InChI=1S/C13H17N3O3.ClH/c1-10-9-15(7-6-14-10)13(17)8-11-4-2-3-5-12(11)16(18)19;/h2-5,10,14H,6-9H2,1H3;1H. The van der Waals surface area contributed by atoms with E-state index in [9.17, 15) is 14.9 Å². The van der Waals surface area contributed by atoms with Crippen molar-refractivity contribution in [2.24, 2.45) is 0 Å². The maximum absolute atomic E-state index is 12.2. The Morgan fingerprint density at radius 1 is 1.50 bits per heavy atom. The van der Waals surface area contributed by atoms with Crippen LogP contribution in [0.25, 0.3) is 0 Å². The van der Waals surface area contributed by atoms with Gasteiger partial charge in [0.2, 0.25) is 5.91 Å². The van der Waals surface area contributed by atoms with Gasteiger partial charge in [0.15, 0.2) is 0 Å². The molecule has 1 aliphatic heterocycles. The van der Waals surface area contributed by atoms with Crippen molar-refractivity contribution in [2.45, 2.75) is 19.4 Å². The van der Waals surface area contributed by atoms with Crippen LogP contribution in [-0.4, -0.2) is 41.4 Å². The number of nitrogens with one attached hydrogen (secondary N) is 1. The first-order valence-electron chi connectivity index (χ1n) is 6.31. The number of halogens is 1. The number of nitro benzene ring substituents is 1. The number of piperazine rings is 1. The highest BCUT2D eigenvalue weighted by Crippen LogP contribution is 2.19. The average Bonchev–Trinajstić information content (AvgIpc) is 2.39. The van der Waals surface area contributed by atoms with Crippen LogP contribution in [0, 0.1) is 10.1 Å². The second-order valence-electron chi connectivity index (χ2n) is 4.76. The van der Waals surface area contributed by atoms with Crippen molar-refractivity contribution in [3.63, 3.8) is 0 Å². The molecule has 1 aromatic rings. The Morgan fingerprint density at radius 2 is 2.20 bits per heavy atom. The number of hydrogen-bond donors (Lipinski definition) is 1. The van der Waals surface area contributed by atoms with Crippen LogP contribution in [-0.2, 0) is 11.2 Å². The molecule has 1 heterocycles. The van der Waals surface area contributed by atoms with Crippen LogP contribution in [0.3, 0.4) is 0 Å². The molecule has 0 bridgehead atoms. The van der Waals surface area contributed by atoms with E-state index < -0.39 is 4.92 Å². The average molecular weight is 300 g/mol. The summed E-state index contributed by atoms with van der Waals surface area (Å²) in [6.45, 7) is 4.09. The van der Waals surface area contributed by atoms with Crippen molar-refractivity contribution >= 4 is 24.0 Å². The highest BCUT2D eigenvalue weighted by atomic mass is 35.5. The molecule has 2 rings (SSSR count). The van der Waals surface area contributed by atoms with E-state index in [4.69, 9.17) is 0 Å². The van der Waals surface area contributed by atoms with Gasteiger partial charge in [-0.05, 0) is 6.92 Å². The number of nitro groups is 1. The Hall–Kier alpha value is -1.66. The molecule has 1 amide bonds. The molecule has 0 spiro atoms. The monoisotopic (exact) mass is 299 g/mol.